The van der Waals surface area contributed by atoms with E-state index in [4.69, 9.17) is 9.47 Å². The molecular formula is C35H40O4. The lowest BCUT2D eigenvalue weighted by atomic mass is 9.75. The second-order valence-electron chi connectivity index (χ2n) is 12.6. The molecular weight excluding hydrogens is 484 g/mol. The van der Waals surface area contributed by atoms with Gasteiger partial charge in [0.05, 0.1) is 12.5 Å². The molecule has 0 radical (unpaired) electrons. The molecule has 1 unspecified atom stereocenters. The predicted octanol–water partition coefficient (Wildman–Crippen LogP) is 8.74. The zero-order valence-electron chi connectivity index (χ0n) is 23.2. The summed E-state index contributed by atoms with van der Waals surface area (Å²) in [4.78, 5) is 11.5. The van der Waals surface area contributed by atoms with Gasteiger partial charge in [0.1, 0.15) is 18.1 Å². The molecule has 1 N–H and O–H groups in total. The number of carboxylic acids is 1. The normalized spacial score (nSPS) is 20.9. The summed E-state index contributed by atoms with van der Waals surface area (Å²) in [7, 11) is 0. The molecule has 0 heterocycles. The van der Waals surface area contributed by atoms with Crippen LogP contribution in [-0.2, 0) is 11.4 Å². The molecule has 0 aliphatic heterocycles. The average molecular weight is 525 g/mol. The molecule has 3 aliphatic rings. The minimum absolute atomic E-state index is 0.0705. The van der Waals surface area contributed by atoms with Crippen LogP contribution in [0.25, 0.3) is 11.1 Å². The fourth-order valence-corrected chi connectivity index (χ4v) is 6.52. The van der Waals surface area contributed by atoms with E-state index in [0.29, 0.717) is 24.5 Å². The van der Waals surface area contributed by atoms with E-state index in [-0.39, 0.29) is 17.8 Å². The molecule has 0 spiro atoms. The first-order valence-electron chi connectivity index (χ1n) is 14.7. The molecule has 39 heavy (non-hydrogen) atoms. The Morgan fingerprint density at radius 3 is 2.46 bits per heavy atom. The molecule has 3 aliphatic carbocycles. The summed E-state index contributed by atoms with van der Waals surface area (Å²) in [6.45, 7) is 5.30. The van der Waals surface area contributed by atoms with E-state index < -0.39 is 5.97 Å². The molecule has 2 atom stereocenters. The molecule has 204 valence electrons. The van der Waals surface area contributed by atoms with Crippen LogP contribution in [0.1, 0.15) is 93.7 Å². The van der Waals surface area contributed by atoms with Gasteiger partial charge in [-0.2, -0.15) is 0 Å². The highest BCUT2D eigenvalue weighted by atomic mass is 16.5. The van der Waals surface area contributed by atoms with Gasteiger partial charge in [-0.3, -0.25) is 4.79 Å². The van der Waals surface area contributed by atoms with Gasteiger partial charge in [0.15, 0.2) is 0 Å². The molecule has 3 aromatic carbocycles. The van der Waals surface area contributed by atoms with Crippen molar-refractivity contribution in [1.29, 1.82) is 0 Å². The Balaban J connectivity index is 1.25. The van der Waals surface area contributed by atoms with Crippen LogP contribution in [0.3, 0.4) is 0 Å². The van der Waals surface area contributed by atoms with Crippen LogP contribution in [0.2, 0.25) is 0 Å². The first kappa shape index (κ1) is 26.0. The van der Waals surface area contributed by atoms with Gasteiger partial charge in [-0.15, -0.1) is 0 Å². The van der Waals surface area contributed by atoms with Gasteiger partial charge in [0.2, 0.25) is 0 Å². The first-order chi connectivity index (χ1) is 18.9. The summed E-state index contributed by atoms with van der Waals surface area (Å²) in [5.41, 5.74) is 6.42. The lowest BCUT2D eigenvalue weighted by molar-refractivity contribution is -0.137. The highest BCUT2D eigenvalue weighted by Gasteiger charge is 2.37. The summed E-state index contributed by atoms with van der Waals surface area (Å²) < 4.78 is 12.4. The van der Waals surface area contributed by atoms with E-state index in [2.05, 4.69) is 62.4 Å². The summed E-state index contributed by atoms with van der Waals surface area (Å²) in [5, 5.41) is 9.42. The standard InChI is InChI=1S/C35H40O4/c1-35(2)17-5-10-33(35)32-18-23(11-16-30(32)25-6-4-9-29(20-25)39-27-14-15-27)22-38-28-8-3-7-26(19-28)31(21-34(36)37)24-12-13-24/h3-4,6-9,11,16,18-20,24,27,31,33H,5,10,12-15,17,21-22H2,1-2H3,(H,36,37)/t31?,33-/m1/s1. The topological polar surface area (TPSA) is 55.8 Å². The molecule has 0 saturated heterocycles. The van der Waals surface area contributed by atoms with Crippen LogP contribution in [-0.4, -0.2) is 17.2 Å². The molecule has 4 nitrogen and oxygen atoms in total. The quantitative estimate of drug-likeness (QED) is 0.272. The van der Waals surface area contributed by atoms with E-state index in [9.17, 15) is 9.90 Å². The molecule has 0 bridgehead atoms. The third-order valence-corrected chi connectivity index (χ3v) is 9.00. The van der Waals surface area contributed by atoms with Crippen LogP contribution < -0.4 is 9.47 Å². The number of benzene rings is 3. The molecule has 3 aromatic rings. The van der Waals surface area contributed by atoms with Crippen molar-refractivity contribution in [2.45, 2.75) is 89.8 Å². The summed E-state index contributed by atoms with van der Waals surface area (Å²) in [6, 6.07) is 23.5. The Labute approximate surface area is 232 Å². The molecule has 4 heteroatoms. The van der Waals surface area contributed by atoms with E-state index in [1.165, 1.54) is 36.0 Å². The smallest absolute Gasteiger partial charge is 0.303 e. The zero-order chi connectivity index (χ0) is 27.0. The third kappa shape index (κ3) is 6.16. The summed E-state index contributed by atoms with van der Waals surface area (Å²) >= 11 is 0. The molecule has 3 fully saturated rings. The fraction of sp³-hybridized carbons (Fsp3) is 0.457. The van der Waals surface area contributed by atoms with Crippen molar-refractivity contribution in [2.24, 2.45) is 11.3 Å². The molecule has 3 saturated carbocycles. The number of rotatable bonds is 11. The fourth-order valence-electron chi connectivity index (χ4n) is 6.52. The Kier molecular flexibility index (Phi) is 7.14. The predicted molar refractivity (Wildman–Crippen MR) is 154 cm³/mol. The van der Waals surface area contributed by atoms with E-state index in [0.717, 1.165) is 48.3 Å². The Bertz CT molecular complexity index is 1330. The van der Waals surface area contributed by atoms with Crippen molar-refractivity contribution in [3.05, 3.63) is 83.4 Å². The average Bonchev–Trinajstić information content (AvgIpc) is 3.85. The van der Waals surface area contributed by atoms with Crippen molar-refractivity contribution >= 4 is 5.97 Å². The molecule has 6 rings (SSSR count). The van der Waals surface area contributed by atoms with Crippen LogP contribution >= 0.6 is 0 Å². The van der Waals surface area contributed by atoms with Crippen molar-refractivity contribution in [1.82, 2.24) is 0 Å². The largest absolute Gasteiger partial charge is 0.490 e. The maximum absolute atomic E-state index is 11.5. The van der Waals surface area contributed by atoms with Gasteiger partial charge in [-0.1, -0.05) is 62.7 Å². The lowest BCUT2D eigenvalue weighted by Gasteiger charge is -2.30. The minimum Gasteiger partial charge on any atom is -0.490 e. The van der Waals surface area contributed by atoms with Gasteiger partial charge < -0.3 is 14.6 Å². The lowest BCUT2D eigenvalue weighted by Crippen LogP contribution is -2.16. The van der Waals surface area contributed by atoms with E-state index in [1.54, 1.807) is 0 Å². The van der Waals surface area contributed by atoms with Crippen molar-refractivity contribution in [3.63, 3.8) is 0 Å². The SMILES string of the molecule is CC1(C)CCC[C@@H]1c1cc(COc2cccc(C(CC(=O)O)C3CC3)c2)ccc1-c1cccc(OC2CC2)c1. The maximum Gasteiger partial charge on any atom is 0.303 e. The van der Waals surface area contributed by atoms with Crippen molar-refractivity contribution < 1.29 is 19.4 Å². The Morgan fingerprint density at radius 1 is 0.949 bits per heavy atom. The number of hydrogen-bond donors (Lipinski definition) is 1. The van der Waals surface area contributed by atoms with Crippen LogP contribution in [0, 0.1) is 11.3 Å². The number of hydrogen-bond acceptors (Lipinski definition) is 3. The third-order valence-electron chi connectivity index (χ3n) is 9.00. The number of aliphatic carboxylic acids is 1. The first-order valence-corrected chi connectivity index (χ1v) is 14.7. The van der Waals surface area contributed by atoms with Crippen molar-refractivity contribution in [2.75, 3.05) is 0 Å². The molecule has 0 aromatic heterocycles. The number of carbonyl (C=O) groups is 1. The van der Waals surface area contributed by atoms with Crippen LogP contribution in [0.15, 0.2) is 66.7 Å². The highest BCUT2D eigenvalue weighted by Crippen LogP contribution is 2.51. The van der Waals surface area contributed by atoms with Crippen molar-refractivity contribution in [3.8, 4) is 22.6 Å². The van der Waals surface area contributed by atoms with Gasteiger partial charge in [-0.05, 0) is 114 Å². The molecule has 0 amide bonds. The number of carboxylic acid groups (broad SMARTS) is 1. The van der Waals surface area contributed by atoms with E-state index in [1.807, 2.05) is 18.2 Å². The number of ether oxygens (including phenoxy) is 2. The highest BCUT2D eigenvalue weighted by molar-refractivity contribution is 5.70. The van der Waals surface area contributed by atoms with Gasteiger partial charge >= 0.3 is 5.97 Å². The monoisotopic (exact) mass is 524 g/mol. The van der Waals surface area contributed by atoms with Gasteiger partial charge in [0.25, 0.3) is 0 Å². The van der Waals surface area contributed by atoms with Crippen LogP contribution in [0.5, 0.6) is 11.5 Å². The van der Waals surface area contributed by atoms with Gasteiger partial charge in [0, 0.05) is 0 Å². The Hall–Kier alpha value is -3.27. The van der Waals surface area contributed by atoms with Crippen LogP contribution in [0.4, 0.5) is 0 Å². The second kappa shape index (κ2) is 10.7. The summed E-state index contributed by atoms with van der Waals surface area (Å²) in [6.07, 6.45) is 8.82. The zero-order valence-corrected chi connectivity index (χ0v) is 23.2. The maximum atomic E-state index is 11.5. The minimum atomic E-state index is -0.731. The Morgan fingerprint density at radius 2 is 1.74 bits per heavy atom. The van der Waals surface area contributed by atoms with Gasteiger partial charge in [-0.25, -0.2) is 0 Å². The van der Waals surface area contributed by atoms with E-state index >= 15 is 0 Å². The summed E-state index contributed by atoms with van der Waals surface area (Å²) in [5.74, 6) is 2.09. The second-order valence-corrected chi connectivity index (χ2v) is 12.6.